The minimum absolute atomic E-state index is 0.162. The fraction of sp³-hybridized carbons (Fsp3) is 0.667. The molecule has 0 radical (unpaired) electrons. The molecule has 122 valence electrons. The Labute approximate surface area is 134 Å². The second-order valence-corrected chi connectivity index (χ2v) is 6.72. The Hall–Kier alpha value is -0.940. The Kier molecular flexibility index (Phi) is 5.47. The number of aliphatic hydroxyl groups excluding tert-OH is 1. The molecular formula is C18H29N3O. The van der Waals surface area contributed by atoms with E-state index in [2.05, 4.69) is 46.0 Å². The van der Waals surface area contributed by atoms with Crippen molar-refractivity contribution < 1.29 is 5.11 Å². The molecular weight excluding hydrogens is 274 g/mol. The van der Waals surface area contributed by atoms with Crippen molar-refractivity contribution in [3.05, 3.63) is 35.9 Å². The van der Waals surface area contributed by atoms with E-state index in [1.807, 2.05) is 6.07 Å². The van der Waals surface area contributed by atoms with E-state index >= 15 is 0 Å². The molecule has 1 atom stereocenters. The van der Waals surface area contributed by atoms with E-state index in [1.165, 1.54) is 44.6 Å². The number of piperidine rings is 1. The Morgan fingerprint density at radius 1 is 1.00 bits per heavy atom. The summed E-state index contributed by atoms with van der Waals surface area (Å²) in [6.07, 6.45) is 2.46. The number of likely N-dealkylation sites (N-methyl/N-ethyl adjacent to an activating group) is 1. The molecule has 0 aliphatic carbocycles. The molecule has 4 nitrogen and oxygen atoms in total. The average molecular weight is 303 g/mol. The highest BCUT2D eigenvalue weighted by molar-refractivity contribution is 5.19. The molecule has 1 unspecified atom stereocenters. The summed E-state index contributed by atoms with van der Waals surface area (Å²) in [6, 6.07) is 11.3. The van der Waals surface area contributed by atoms with Gasteiger partial charge in [-0.2, -0.15) is 0 Å². The van der Waals surface area contributed by atoms with Crippen LogP contribution in [0.3, 0.4) is 0 Å². The summed E-state index contributed by atoms with van der Waals surface area (Å²) in [4.78, 5) is 7.55. The molecule has 2 aliphatic rings. The van der Waals surface area contributed by atoms with Crippen LogP contribution in [0.25, 0.3) is 0 Å². The topological polar surface area (TPSA) is 30.0 Å². The molecule has 2 saturated heterocycles. The number of hydrogen-bond donors (Lipinski definition) is 1. The summed E-state index contributed by atoms with van der Waals surface area (Å²) in [5, 5.41) is 9.82. The van der Waals surface area contributed by atoms with E-state index in [9.17, 15) is 5.11 Å². The average Bonchev–Trinajstić information content (AvgIpc) is 2.58. The van der Waals surface area contributed by atoms with Crippen LogP contribution < -0.4 is 0 Å². The highest BCUT2D eigenvalue weighted by atomic mass is 16.3. The number of likely N-dealkylation sites (tertiary alicyclic amines) is 1. The van der Waals surface area contributed by atoms with Crippen LogP contribution in [0.2, 0.25) is 0 Å². The Morgan fingerprint density at radius 3 is 2.23 bits per heavy atom. The molecule has 1 aromatic rings. The number of nitrogens with zero attached hydrogens (tertiary/aromatic N) is 3. The number of aliphatic hydroxyl groups is 1. The highest BCUT2D eigenvalue weighted by Crippen LogP contribution is 2.26. The van der Waals surface area contributed by atoms with Gasteiger partial charge in [0.05, 0.1) is 12.6 Å². The minimum atomic E-state index is 0.162. The van der Waals surface area contributed by atoms with Crippen LogP contribution in [0.1, 0.15) is 24.4 Å². The Balaban J connectivity index is 1.54. The van der Waals surface area contributed by atoms with Gasteiger partial charge in [-0.1, -0.05) is 30.3 Å². The number of hydrogen-bond acceptors (Lipinski definition) is 4. The van der Waals surface area contributed by atoms with Crippen molar-refractivity contribution in [2.45, 2.75) is 24.9 Å². The quantitative estimate of drug-likeness (QED) is 0.911. The standard InChI is InChI=1S/C18H29N3O/c1-19-11-13-20(14-12-19)17-7-9-21(10-8-17)18(15-22)16-5-3-2-4-6-16/h2-6,17-18,22H,7-15H2,1H3. The van der Waals surface area contributed by atoms with Crippen molar-refractivity contribution in [3.63, 3.8) is 0 Å². The molecule has 0 aromatic heterocycles. The largest absolute Gasteiger partial charge is 0.394 e. The van der Waals surface area contributed by atoms with E-state index in [0.29, 0.717) is 0 Å². The lowest BCUT2D eigenvalue weighted by Gasteiger charge is -2.43. The maximum atomic E-state index is 9.82. The van der Waals surface area contributed by atoms with Gasteiger partial charge in [-0.3, -0.25) is 9.80 Å². The molecule has 3 rings (SSSR count). The fourth-order valence-electron chi connectivity index (χ4n) is 3.86. The van der Waals surface area contributed by atoms with Crippen LogP contribution >= 0.6 is 0 Å². The lowest BCUT2D eigenvalue weighted by Crippen LogP contribution is -2.52. The zero-order valence-corrected chi connectivity index (χ0v) is 13.7. The number of rotatable bonds is 4. The highest BCUT2D eigenvalue weighted by Gasteiger charge is 2.29. The molecule has 0 saturated carbocycles. The van der Waals surface area contributed by atoms with Gasteiger partial charge in [0, 0.05) is 45.3 Å². The SMILES string of the molecule is CN1CCN(C2CCN(C(CO)c3ccccc3)CC2)CC1. The Morgan fingerprint density at radius 2 is 1.64 bits per heavy atom. The number of benzene rings is 1. The van der Waals surface area contributed by atoms with Gasteiger partial charge in [0.1, 0.15) is 0 Å². The molecule has 22 heavy (non-hydrogen) atoms. The van der Waals surface area contributed by atoms with Gasteiger partial charge < -0.3 is 10.0 Å². The van der Waals surface area contributed by atoms with E-state index < -0.39 is 0 Å². The fourth-order valence-corrected chi connectivity index (χ4v) is 3.86. The first-order chi connectivity index (χ1) is 10.8. The molecule has 2 fully saturated rings. The monoisotopic (exact) mass is 303 g/mol. The predicted molar refractivity (Wildman–Crippen MR) is 89.9 cm³/mol. The van der Waals surface area contributed by atoms with Crippen molar-refractivity contribution >= 4 is 0 Å². The first kappa shape index (κ1) is 15.9. The normalized spacial score (nSPS) is 24.5. The van der Waals surface area contributed by atoms with Crippen LogP contribution in [-0.4, -0.2) is 78.8 Å². The smallest absolute Gasteiger partial charge is 0.0628 e. The third-order valence-electron chi connectivity index (χ3n) is 5.35. The maximum absolute atomic E-state index is 9.82. The molecule has 1 N–H and O–H groups in total. The van der Waals surface area contributed by atoms with Crippen molar-refractivity contribution in [2.24, 2.45) is 0 Å². The molecule has 2 heterocycles. The summed E-state index contributed by atoms with van der Waals surface area (Å²) in [7, 11) is 2.21. The van der Waals surface area contributed by atoms with Gasteiger partial charge in [-0.25, -0.2) is 0 Å². The second-order valence-electron chi connectivity index (χ2n) is 6.72. The second kappa shape index (κ2) is 7.55. The minimum Gasteiger partial charge on any atom is -0.394 e. The first-order valence-electron chi connectivity index (χ1n) is 8.60. The van der Waals surface area contributed by atoms with E-state index in [4.69, 9.17) is 0 Å². The zero-order chi connectivity index (χ0) is 15.4. The van der Waals surface area contributed by atoms with Crippen LogP contribution in [0.5, 0.6) is 0 Å². The summed E-state index contributed by atoms with van der Waals surface area (Å²) in [5.74, 6) is 0. The lowest BCUT2D eigenvalue weighted by molar-refractivity contribution is 0.0403. The summed E-state index contributed by atoms with van der Waals surface area (Å²) >= 11 is 0. The zero-order valence-electron chi connectivity index (χ0n) is 13.7. The first-order valence-corrected chi connectivity index (χ1v) is 8.60. The van der Waals surface area contributed by atoms with Gasteiger partial charge in [0.25, 0.3) is 0 Å². The lowest BCUT2D eigenvalue weighted by atomic mass is 9.98. The van der Waals surface area contributed by atoms with Crippen LogP contribution in [0, 0.1) is 0 Å². The van der Waals surface area contributed by atoms with Gasteiger partial charge in [0.2, 0.25) is 0 Å². The van der Waals surface area contributed by atoms with Crippen molar-refractivity contribution in [3.8, 4) is 0 Å². The molecule has 2 aliphatic heterocycles. The summed E-state index contributed by atoms with van der Waals surface area (Å²) in [5.41, 5.74) is 1.24. The van der Waals surface area contributed by atoms with E-state index in [-0.39, 0.29) is 12.6 Å². The van der Waals surface area contributed by atoms with Gasteiger partial charge in [0.15, 0.2) is 0 Å². The maximum Gasteiger partial charge on any atom is 0.0628 e. The van der Waals surface area contributed by atoms with Gasteiger partial charge in [-0.15, -0.1) is 0 Å². The van der Waals surface area contributed by atoms with Crippen LogP contribution in [0.4, 0.5) is 0 Å². The molecule has 0 amide bonds. The number of piperazine rings is 1. The van der Waals surface area contributed by atoms with E-state index in [0.717, 1.165) is 19.1 Å². The van der Waals surface area contributed by atoms with Crippen LogP contribution in [-0.2, 0) is 0 Å². The molecule has 0 spiro atoms. The van der Waals surface area contributed by atoms with Crippen molar-refractivity contribution in [2.75, 3.05) is 52.9 Å². The van der Waals surface area contributed by atoms with Crippen molar-refractivity contribution in [1.29, 1.82) is 0 Å². The van der Waals surface area contributed by atoms with Gasteiger partial charge in [-0.05, 0) is 25.5 Å². The summed E-state index contributed by atoms with van der Waals surface area (Å²) < 4.78 is 0. The molecule has 0 bridgehead atoms. The third-order valence-corrected chi connectivity index (χ3v) is 5.35. The van der Waals surface area contributed by atoms with E-state index in [1.54, 1.807) is 0 Å². The van der Waals surface area contributed by atoms with Crippen LogP contribution in [0.15, 0.2) is 30.3 Å². The summed E-state index contributed by atoms with van der Waals surface area (Å²) in [6.45, 7) is 7.22. The van der Waals surface area contributed by atoms with Crippen molar-refractivity contribution in [1.82, 2.24) is 14.7 Å². The molecule has 1 aromatic carbocycles. The third kappa shape index (κ3) is 3.69. The Bertz CT molecular complexity index is 437. The predicted octanol–water partition coefficient (Wildman–Crippen LogP) is 1.43. The molecule has 4 heteroatoms. The van der Waals surface area contributed by atoms with Gasteiger partial charge >= 0.3 is 0 Å².